The molecule has 6 nitrogen and oxygen atoms in total. The number of rotatable bonds is 5. The highest BCUT2D eigenvalue weighted by Crippen LogP contribution is 2.62. The first-order valence-electron chi connectivity index (χ1n) is 10.3. The molecule has 0 radical (unpaired) electrons. The fourth-order valence-corrected chi connectivity index (χ4v) is 6.05. The van der Waals surface area contributed by atoms with Gasteiger partial charge in [0.25, 0.3) is 5.89 Å². The van der Waals surface area contributed by atoms with E-state index in [1.54, 1.807) is 0 Å². The average molecular weight is 382 g/mol. The summed E-state index contributed by atoms with van der Waals surface area (Å²) in [6, 6.07) is 8.03. The van der Waals surface area contributed by atoms with E-state index >= 15 is 0 Å². The minimum Gasteiger partial charge on any atom is -0.455 e. The molecule has 1 heterocycles. The third-order valence-electron chi connectivity index (χ3n) is 6.88. The van der Waals surface area contributed by atoms with Gasteiger partial charge in [-0.25, -0.2) is 0 Å². The van der Waals surface area contributed by atoms with Crippen molar-refractivity contribution in [3.8, 4) is 11.4 Å². The van der Waals surface area contributed by atoms with Gasteiger partial charge in [-0.15, -0.1) is 0 Å². The Morgan fingerprint density at radius 2 is 1.93 bits per heavy atom. The van der Waals surface area contributed by atoms with Crippen LogP contribution in [0.1, 0.15) is 56.9 Å². The number of benzene rings is 1. The minimum absolute atomic E-state index is 0.0195. The zero-order valence-electron chi connectivity index (χ0n) is 16.2. The summed E-state index contributed by atoms with van der Waals surface area (Å²) in [6.07, 6.45) is 6.00. The number of esters is 1. The van der Waals surface area contributed by atoms with Crippen molar-refractivity contribution in [1.82, 2.24) is 10.1 Å². The van der Waals surface area contributed by atoms with Crippen molar-refractivity contribution in [3.63, 3.8) is 0 Å². The second-order valence-corrected chi connectivity index (χ2v) is 9.10. The molecule has 6 rings (SSSR count). The number of aliphatic hydroxyl groups is 1. The smallest absolute Gasteiger partial charge is 0.312 e. The Hall–Kier alpha value is -2.21. The van der Waals surface area contributed by atoms with E-state index in [4.69, 9.17) is 9.26 Å². The predicted octanol–water partition coefficient (Wildman–Crippen LogP) is 3.67. The minimum atomic E-state index is -0.675. The van der Waals surface area contributed by atoms with Gasteiger partial charge in [-0.05, 0) is 62.3 Å². The van der Waals surface area contributed by atoms with Crippen molar-refractivity contribution in [3.05, 3.63) is 35.7 Å². The van der Waals surface area contributed by atoms with E-state index in [1.165, 1.54) is 5.56 Å². The molecular weight excluding hydrogens is 356 g/mol. The summed E-state index contributed by atoms with van der Waals surface area (Å²) in [5, 5.41) is 14.8. The number of carbonyl (C=O) groups is 1. The van der Waals surface area contributed by atoms with Gasteiger partial charge in [0.1, 0.15) is 0 Å². The zero-order valence-corrected chi connectivity index (χ0v) is 16.2. The molecule has 1 N–H and O–H groups in total. The Morgan fingerprint density at radius 1 is 1.21 bits per heavy atom. The molecule has 28 heavy (non-hydrogen) atoms. The van der Waals surface area contributed by atoms with Crippen LogP contribution in [0.5, 0.6) is 0 Å². The van der Waals surface area contributed by atoms with E-state index < -0.39 is 11.0 Å². The lowest BCUT2D eigenvalue weighted by molar-refractivity contribution is -0.197. The third-order valence-corrected chi connectivity index (χ3v) is 6.88. The standard InChI is InChI=1S/C22H26N2O4/c1-2-14-3-5-17(6-4-14)19-23-18(28-24-19)12-27-20(25)21-8-15-7-16(9-21)11-22(26,10-15)13-21/h3-6,15-16,26H,2,7-13H2,1H3/t15-,16+,21?,22?. The molecule has 0 amide bonds. The molecule has 0 spiro atoms. The molecule has 4 atom stereocenters. The summed E-state index contributed by atoms with van der Waals surface area (Å²) in [5.74, 6) is 1.47. The van der Waals surface area contributed by atoms with Crippen LogP contribution in [-0.2, 0) is 22.6 Å². The number of aromatic nitrogens is 2. The number of nitrogens with zero attached hydrogens (tertiary/aromatic N) is 2. The third kappa shape index (κ3) is 3.04. The lowest BCUT2D eigenvalue weighted by atomic mass is 9.48. The lowest BCUT2D eigenvalue weighted by Gasteiger charge is -2.58. The molecular formula is C22H26N2O4. The van der Waals surface area contributed by atoms with E-state index in [-0.39, 0.29) is 12.6 Å². The van der Waals surface area contributed by atoms with Gasteiger partial charge < -0.3 is 14.4 Å². The number of hydrogen-bond acceptors (Lipinski definition) is 6. The van der Waals surface area contributed by atoms with E-state index in [1.807, 2.05) is 24.3 Å². The van der Waals surface area contributed by atoms with Crippen molar-refractivity contribution in [2.45, 2.75) is 64.1 Å². The summed E-state index contributed by atoms with van der Waals surface area (Å²) in [5.41, 5.74) is 0.920. The molecule has 4 bridgehead atoms. The van der Waals surface area contributed by atoms with E-state index in [2.05, 4.69) is 17.1 Å². The van der Waals surface area contributed by atoms with E-state index in [0.717, 1.165) is 44.1 Å². The molecule has 4 saturated carbocycles. The number of ether oxygens (including phenoxy) is 1. The van der Waals surface area contributed by atoms with Crippen LogP contribution in [0.3, 0.4) is 0 Å². The maximum atomic E-state index is 12.9. The SMILES string of the molecule is CCc1ccc(-c2noc(COC(=O)C34C[C@@H]5C[C@@H](CC(O)(C5)C3)C4)n2)cc1. The van der Waals surface area contributed by atoms with Crippen molar-refractivity contribution in [2.75, 3.05) is 0 Å². The van der Waals surface area contributed by atoms with Gasteiger partial charge in [-0.2, -0.15) is 4.98 Å². The first kappa shape index (κ1) is 17.9. The van der Waals surface area contributed by atoms with Crippen molar-refractivity contribution in [2.24, 2.45) is 17.3 Å². The van der Waals surface area contributed by atoms with Gasteiger partial charge in [0, 0.05) is 5.56 Å². The fourth-order valence-electron chi connectivity index (χ4n) is 6.05. The molecule has 0 saturated heterocycles. The van der Waals surface area contributed by atoms with Crippen LogP contribution >= 0.6 is 0 Å². The van der Waals surface area contributed by atoms with Gasteiger partial charge in [0.2, 0.25) is 5.82 Å². The molecule has 1 aromatic carbocycles. The largest absolute Gasteiger partial charge is 0.455 e. The van der Waals surface area contributed by atoms with Crippen LogP contribution in [0.15, 0.2) is 28.8 Å². The second-order valence-electron chi connectivity index (χ2n) is 9.10. The molecule has 4 aliphatic rings. The molecule has 4 aliphatic carbocycles. The monoisotopic (exact) mass is 382 g/mol. The summed E-state index contributed by atoms with van der Waals surface area (Å²) in [7, 11) is 0. The molecule has 2 aromatic rings. The Morgan fingerprint density at radius 3 is 2.57 bits per heavy atom. The summed E-state index contributed by atoms with van der Waals surface area (Å²) >= 11 is 0. The number of hydrogen-bond donors (Lipinski definition) is 1. The van der Waals surface area contributed by atoms with Crippen LogP contribution in [0.2, 0.25) is 0 Å². The predicted molar refractivity (Wildman–Crippen MR) is 101 cm³/mol. The quantitative estimate of drug-likeness (QED) is 0.794. The summed E-state index contributed by atoms with van der Waals surface area (Å²) < 4.78 is 10.9. The van der Waals surface area contributed by atoms with Gasteiger partial charge in [-0.3, -0.25) is 4.79 Å². The molecule has 2 unspecified atom stereocenters. The number of carbonyl (C=O) groups excluding carboxylic acids is 1. The van der Waals surface area contributed by atoms with Gasteiger partial charge >= 0.3 is 5.97 Å². The first-order chi connectivity index (χ1) is 13.5. The maximum absolute atomic E-state index is 12.9. The van der Waals surface area contributed by atoms with Crippen LogP contribution in [0.25, 0.3) is 11.4 Å². The Labute approximate surface area is 164 Å². The second kappa shape index (κ2) is 6.41. The molecule has 0 aliphatic heterocycles. The van der Waals surface area contributed by atoms with Crippen molar-refractivity contribution in [1.29, 1.82) is 0 Å². The van der Waals surface area contributed by atoms with Gasteiger partial charge in [0.05, 0.1) is 11.0 Å². The Balaban J connectivity index is 1.25. The Kier molecular flexibility index (Phi) is 4.09. The highest BCUT2D eigenvalue weighted by Gasteiger charge is 2.60. The summed E-state index contributed by atoms with van der Waals surface area (Å²) in [4.78, 5) is 17.3. The van der Waals surface area contributed by atoms with Gasteiger partial charge in [0.15, 0.2) is 6.61 Å². The first-order valence-corrected chi connectivity index (χ1v) is 10.3. The van der Waals surface area contributed by atoms with E-state index in [0.29, 0.717) is 30.0 Å². The van der Waals surface area contributed by atoms with Crippen molar-refractivity contribution < 1.29 is 19.2 Å². The molecule has 6 heteroatoms. The van der Waals surface area contributed by atoms with E-state index in [9.17, 15) is 9.90 Å². The van der Waals surface area contributed by atoms with Crippen LogP contribution < -0.4 is 0 Å². The highest BCUT2D eigenvalue weighted by atomic mass is 16.6. The molecule has 148 valence electrons. The van der Waals surface area contributed by atoms with Crippen LogP contribution in [0, 0.1) is 17.3 Å². The average Bonchev–Trinajstić information content (AvgIpc) is 3.13. The van der Waals surface area contributed by atoms with Crippen molar-refractivity contribution >= 4 is 5.97 Å². The molecule has 4 fully saturated rings. The zero-order chi connectivity index (χ0) is 19.4. The topological polar surface area (TPSA) is 85.5 Å². The normalized spacial score (nSPS) is 33.2. The summed E-state index contributed by atoms with van der Waals surface area (Å²) in [6.45, 7) is 2.09. The molecule has 1 aromatic heterocycles. The lowest BCUT2D eigenvalue weighted by Crippen LogP contribution is -2.58. The number of aryl methyl sites for hydroxylation is 1. The Bertz CT molecular complexity index is 874. The highest BCUT2D eigenvalue weighted by molar-refractivity contribution is 5.77. The fraction of sp³-hybridized carbons (Fsp3) is 0.591. The maximum Gasteiger partial charge on any atom is 0.312 e. The van der Waals surface area contributed by atoms with Gasteiger partial charge in [-0.1, -0.05) is 36.3 Å². The van der Waals surface area contributed by atoms with Crippen LogP contribution in [0.4, 0.5) is 0 Å². The van der Waals surface area contributed by atoms with Crippen LogP contribution in [-0.4, -0.2) is 26.8 Å².